The van der Waals surface area contributed by atoms with Crippen molar-refractivity contribution in [1.29, 1.82) is 0 Å². The second kappa shape index (κ2) is 5.21. The molecule has 0 saturated carbocycles. The number of anilines is 2. The van der Waals surface area contributed by atoms with Gasteiger partial charge in [0.1, 0.15) is 10.8 Å². The van der Waals surface area contributed by atoms with Gasteiger partial charge in [-0.3, -0.25) is 0 Å². The van der Waals surface area contributed by atoms with Gasteiger partial charge in [0.15, 0.2) is 0 Å². The Hall–Kier alpha value is -1.94. The largest absolute Gasteiger partial charge is 0.389 e. The summed E-state index contributed by atoms with van der Waals surface area (Å²) < 4.78 is 14.0. The predicted octanol–water partition coefficient (Wildman–Crippen LogP) is 3.69. The lowest BCUT2D eigenvalue weighted by Gasteiger charge is -2.10. The fourth-order valence-electron chi connectivity index (χ4n) is 2.57. The van der Waals surface area contributed by atoms with Crippen LogP contribution >= 0.6 is 12.2 Å². The lowest BCUT2D eigenvalue weighted by molar-refractivity contribution is 0.631. The maximum absolute atomic E-state index is 14.0. The summed E-state index contributed by atoms with van der Waals surface area (Å²) in [4.78, 5) is 0.202. The molecule has 20 heavy (non-hydrogen) atoms. The van der Waals surface area contributed by atoms with Gasteiger partial charge in [-0.15, -0.1) is 0 Å². The van der Waals surface area contributed by atoms with Crippen molar-refractivity contribution in [3.8, 4) is 0 Å². The summed E-state index contributed by atoms with van der Waals surface area (Å²) in [6, 6.07) is 11.0. The van der Waals surface area contributed by atoms with Gasteiger partial charge >= 0.3 is 0 Å². The van der Waals surface area contributed by atoms with Gasteiger partial charge in [-0.2, -0.15) is 0 Å². The first-order chi connectivity index (χ1) is 9.63. The molecule has 102 valence electrons. The Morgan fingerprint density at radius 2 is 1.90 bits per heavy atom. The number of fused-ring (bicyclic) bond motifs is 1. The summed E-state index contributed by atoms with van der Waals surface area (Å²) in [6.07, 6.45) is 3.45. The van der Waals surface area contributed by atoms with E-state index in [9.17, 15) is 4.39 Å². The van der Waals surface area contributed by atoms with Crippen molar-refractivity contribution in [2.24, 2.45) is 5.73 Å². The van der Waals surface area contributed by atoms with Gasteiger partial charge in [0.05, 0.1) is 5.69 Å². The van der Waals surface area contributed by atoms with E-state index in [0.29, 0.717) is 11.3 Å². The molecule has 0 spiro atoms. The topological polar surface area (TPSA) is 38.0 Å². The summed E-state index contributed by atoms with van der Waals surface area (Å²) >= 11 is 4.84. The van der Waals surface area contributed by atoms with Gasteiger partial charge < -0.3 is 11.1 Å². The maximum Gasteiger partial charge on any atom is 0.147 e. The molecule has 2 nitrogen and oxygen atoms in total. The highest BCUT2D eigenvalue weighted by molar-refractivity contribution is 7.80. The molecule has 3 rings (SSSR count). The van der Waals surface area contributed by atoms with E-state index in [1.165, 1.54) is 23.6 Å². The van der Waals surface area contributed by atoms with Gasteiger partial charge in [0, 0.05) is 11.3 Å². The average molecular weight is 286 g/mol. The number of benzene rings is 2. The highest BCUT2D eigenvalue weighted by atomic mass is 32.1. The van der Waals surface area contributed by atoms with E-state index in [0.717, 1.165) is 18.5 Å². The van der Waals surface area contributed by atoms with E-state index in [1.807, 2.05) is 6.07 Å². The standard InChI is InChI=1S/C16H15FN2S/c17-14-9-12(16(18)20)5-7-15(14)19-13-6-4-10-2-1-3-11(10)8-13/h4-9,19H,1-3H2,(H2,18,20). The van der Waals surface area contributed by atoms with Crippen LogP contribution in [0.3, 0.4) is 0 Å². The van der Waals surface area contributed by atoms with Crippen molar-refractivity contribution in [2.75, 3.05) is 5.32 Å². The van der Waals surface area contributed by atoms with Gasteiger partial charge in [0.2, 0.25) is 0 Å². The van der Waals surface area contributed by atoms with E-state index in [2.05, 4.69) is 17.4 Å². The highest BCUT2D eigenvalue weighted by Crippen LogP contribution is 2.27. The molecule has 0 heterocycles. The molecule has 0 saturated heterocycles. The molecule has 0 unspecified atom stereocenters. The quantitative estimate of drug-likeness (QED) is 0.845. The SMILES string of the molecule is NC(=S)c1ccc(Nc2ccc3c(c2)CCC3)c(F)c1. The molecular weight excluding hydrogens is 271 g/mol. The molecule has 3 N–H and O–H groups in total. The average Bonchev–Trinajstić information content (AvgIpc) is 2.88. The number of aryl methyl sites for hydroxylation is 2. The van der Waals surface area contributed by atoms with Crippen LogP contribution in [-0.4, -0.2) is 4.99 Å². The Labute approximate surface area is 122 Å². The second-order valence-electron chi connectivity index (χ2n) is 5.02. The number of nitrogens with two attached hydrogens (primary N) is 1. The normalized spacial score (nSPS) is 13.1. The zero-order valence-electron chi connectivity index (χ0n) is 10.9. The summed E-state index contributed by atoms with van der Waals surface area (Å²) in [7, 11) is 0. The molecule has 0 aromatic heterocycles. The summed E-state index contributed by atoms with van der Waals surface area (Å²) in [5, 5.41) is 3.11. The van der Waals surface area contributed by atoms with Crippen molar-refractivity contribution < 1.29 is 4.39 Å². The number of thiocarbonyl (C=S) groups is 1. The molecule has 0 aliphatic heterocycles. The first-order valence-corrected chi connectivity index (χ1v) is 7.02. The highest BCUT2D eigenvalue weighted by Gasteiger charge is 2.11. The third-order valence-electron chi connectivity index (χ3n) is 3.63. The van der Waals surface area contributed by atoms with Crippen LogP contribution < -0.4 is 11.1 Å². The number of hydrogen-bond donors (Lipinski definition) is 2. The lowest BCUT2D eigenvalue weighted by atomic mass is 10.1. The molecule has 2 aromatic carbocycles. The van der Waals surface area contributed by atoms with Crippen LogP contribution in [0.2, 0.25) is 0 Å². The monoisotopic (exact) mass is 286 g/mol. The van der Waals surface area contributed by atoms with Gasteiger partial charge in [0.25, 0.3) is 0 Å². The smallest absolute Gasteiger partial charge is 0.147 e. The minimum absolute atomic E-state index is 0.202. The third kappa shape index (κ3) is 2.51. The lowest BCUT2D eigenvalue weighted by Crippen LogP contribution is -2.09. The summed E-state index contributed by atoms with van der Waals surface area (Å²) in [5.74, 6) is -0.351. The molecule has 0 fully saturated rings. The Bertz CT molecular complexity index is 682. The molecule has 4 heteroatoms. The summed E-state index contributed by atoms with van der Waals surface area (Å²) in [6.45, 7) is 0. The molecule has 0 radical (unpaired) electrons. The Balaban J connectivity index is 1.86. The molecule has 2 aromatic rings. The van der Waals surface area contributed by atoms with Crippen LogP contribution in [0.15, 0.2) is 36.4 Å². The van der Waals surface area contributed by atoms with Crippen molar-refractivity contribution in [1.82, 2.24) is 0 Å². The Kier molecular flexibility index (Phi) is 3.40. The molecule has 0 atom stereocenters. The fraction of sp³-hybridized carbons (Fsp3) is 0.188. The third-order valence-corrected chi connectivity index (χ3v) is 3.87. The first kappa shape index (κ1) is 13.1. The van der Waals surface area contributed by atoms with Crippen LogP contribution in [0, 0.1) is 5.82 Å². The van der Waals surface area contributed by atoms with Crippen molar-refractivity contribution >= 4 is 28.6 Å². The second-order valence-corrected chi connectivity index (χ2v) is 5.46. The number of hydrogen-bond acceptors (Lipinski definition) is 2. The molecule has 1 aliphatic rings. The van der Waals surface area contributed by atoms with Crippen molar-refractivity contribution in [3.05, 3.63) is 58.9 Å². The van der Waals surface area contributed by atoms with E-state index in [4.69, 9.17) is 18.0 Å². The van der Waals surface area contributed by atoms with Crippen LogP contribution in [0.1, 0.15) is 23.1 Å². The van der Waals surface area contributed by atoms with E-state index >= 15 is 0 Å². The van der Waals surface area contributed by atoms with Crippen LogP contribution in [0.25, 0.3) is 0 Å². The fourth-order valence-corrected chi connectivity index (χ4v) is 2.70. The zero-order chi connectivity index (χ0) is 14.1. The molecule has 0 bridgehead atoms. The molecule has 1 aliphatic carbocycles. The number of nitrogens with one attached hydrogen (secondary N) is 1. The van der Waals surface area contributed by atoms with Gasteiger partial charge in [-0.1, -0.05) is 18.3 Å². The van der Waals surface area contributed by atoms with Crippen LogP contribution in [-0.2, 0) is 12.8 Å². The number of rotatable bonds is 3. The predicted molar refractivity (Wildman–Crippen MR) is 84.0 cm³/mol. The maximum atomic E-state index is 14.0. The molecule has 0 amide bonds. The van der Waals surface area contributed by atoms with Crippen LogP contribution in [0.4, 0.5) is 15.8 Å². The minimum Gasteiger partial charge on any atom is -0.389 e. The van der Waals surface area contributed by atoms with Gasteiger partial charge in [-0.25, -0.2) is 4.39 Å². The Morgan fingerprint density at radius 1 is 1.10 bits per heavy atom. The first-order valence-electron chi connectivity index (χ1n) is 6.61. The zero-order valence-corrected chi connectivity index (χ0v) is 11.8. The van der Waals surface area contributed by atoms with Crippen LogP contribution in [0.5, 0.6) is 0 Å². The number of halogens is 1. The van der Waals surface area contributed by atoms with Crippen molar-refractivity contribution in [3.63, 3.8) is 0 Å². The summed E-state index contributed by atoms with van der Waals surface area (Å²) in [5.41, 5.74) is 10.1. The Morgan fingerprint density at radius 3 is 2.65 bits per heavy atom. The van der Waals surface area contributed by atoms with Crippen molar-refractivity contribution in [2.45, 2.75) is 19.3 Å². The molecular formula is C16H15FN2S. The van der Waals surface area contributed by atoms with E-state index < -0.39 is 0 Å². The van der Waals surface area contributed by atoms with E-state index in [1.54, 1.807) is 12.1 Å². The van der Waals surface area contributed by atoms with Gasteiger partial charge in [-0.05, 0) is 60.7 Å². The minimum atomic E-state index is -0.351. The van der Waals surface area contributed by atoms with E-state index in [-0.39, 0.29) is 10.8 Å².